The second-order valence-electron chi connectivity index (χ2n) is 7.41. The normalized spacial score (nSPS) is 22.0. The highest BCUT2D eigenvalue weighted by molar-refractivity contribution is 9.10. The minimum Gasteiger partial charge on any atom is -0.364 e. The molecule has 158 valence electrons. The van der Waals surface area contributed by atoms with E-state index in [0.717, 1.165) is 11.6 Å². The van der Waals surface area contributed by atoms with Crippen molar-refractivity contribution in [3.05, 3.63) is 57.8 Å². The van der Waals surface area contributed by atoms with Crippen molar-refractivity contribution in [1.82, 2.24) is 9.88 Å². The lowest BCUT2D eigenvalue weighted by molar-refractivity contribution is -0.137. The lowest BCUT2D eigenvalue weighted by Crippen LogP contribution is -2.65. The van der Waals surface area contributed by atoms with Crippen LogP contribution in [-0.2, 0) is 11.7 Å². The third-order valence-electron chi connectivity index (χ3n) is 5.43. The van der Waals surface area contributed by atoms with Crippen LogP contribution in [-0.4, -0.2) is 35.0 Å². The minimum atomic E-state index is -4.65. The van der Waals surface area contributed by atoms with E-state index in [0.29, 0.717) is 10.3 Å². The molecule has 2 aromatic rings. The topological polar surface area (TPSA) is 86.2 Å². The number of urea groups is 1. The van der Waals surface area contributed by atoms with Gasteiger partial charge in [0.25, 0.3) is 0 Å². The zero-order chi connectivity index (χ0) is 22.3. The van der Waals surface area contributed by atoms with Gasteiger partial charge in [0, 0.05) is 31.0 Å². The average molecular weight is 482 g/mol. The summed E-state index contributed by atoms with van der Waals surface area (Å²) in [5.41, 5.74) is 4.37. The zero-order valence-electron chi connectivity index (χ0n) is 16.2. The van der Waals surface area contributed by atoms with Gasteiger partial charge in [0.05, 0.1) is 22.7 Å². The number of carbonyl (C=O) groups is 1. The first-order chi connectivity index (χ1) is 14.0. The van der Waals surface area contributed by atoms with Crippen molar-refractivity contribution in [2.75, 3.05) is 18.0 Å². The summed E-state index contributed by atoms with van der Waals surface area (Å²) in [4.78, 5) is 19.6. The lowest BCUT2D eigenvalue weighted by Gasteiger charge is -2.52. The number of hydrogen-bond donors (Lipinski definition) is 1. The van der Waals surface area contributed by atoms with Crippen LogP contribution in [0.4, 0.5) is 23.7 Å². The number of anilines is 1. The third-order valence-corrected chi connectivity index (χ3v) is 5.86. The molecule has 2 atom stereocenters. The van der Waals surface area contributed by atoms with Crippen LogP contribution in [0.25, 0.3) is 0 Å². The van der Waals surface area contributed by atoms with Crippen molar-refractivity contribution in [2.45, 2.75) is 31.6 Å². The summed E-state index contributed by atoms with van der Waals surface area (Å²) in [6.45, 7) is 4.04. The van der Waals surface area contributed by atoms with E-state index in [2.05, 4.69) is 20.9 Å². The van der Waals surface area contributed by atoms with Gasteiger partial charge in [-0.3, -0.25) is 0 Å². The van der Waals surface area contributed by atoms with Gasteiger partial charge < -0.3 is 15.5 Å². The van der Waals surface area contributed by atoms with E-state index < -0.39 is 28.9 Å². The molecule has 1 aromatic carbocycles. The summed E-state index contributed by atoms with van der Waals surface area (Å²) in [6.07, 6.45) is -3.08. The fourth-order valence-electron chi connectivity index (χ4n) is 3.84. The molecule has 6 nitrogen and oxygen atoms in total. The van der Waals surface area contributed by atoms with Crippen molar-refractivity contribution < 1.29 is 18.0 Å². The number of piperazine rings is 1. The summed E-state index contributed by atoms with van der Waals surface area (Å²) >= 11 is 3.31. The molecule has 1 aromatic heterocycles. The summed E-state index contributed by atoms with van der Waals surface area (Å²) in [5, 5.41) is 9.06. The Bertz CT molecular complexity index is 1020. The molecule has 2 unspecified atom stereocenters. The number of halogens is 4. The number of nitrogens with two attached hydrogens (primary N) is 1. The number of nitriles is 1. The Balaban J connectivity index is 2.09. The van der Waals surface area contributed by atoms with Crippen LogP contribution < -0.4 is 10.6 Å². The first-order valence-electron chi connectivity index (χ1n) is 9.04. The van der Waals surface area contributed by atoms with Crippen molar-refractivity contribution >= 4 is 27.6 Å². The van der Waals surface area contributed by atoms with Gasteiger partial charge in [0.1, 0.15) is 4.60 Å². The molecule has 2 N–H and O–H groups in total. The van der Waals surface area contributed by atoms with E-state index in [1.165, 1.54) is 17.0 Å². The molecular weight excluding hydrogens is 463 g/mol. The van der Waals surface area contributed by atoms with E-state index in [1.54, 1.807) is 29.3 Å². The molecule has 0 bridgehead atoms. The molecule has 0 saturated carbocycles. The fraction of sp³-hybridized carbons (Fsp3) is 0.350. The van der Waals surface area contributed by atoms with Gasteiger partial charge in [-0.25, -0.2) is 9.78 Å². The molecule has 10 heteroatoms. The zero-order valence-corrected chi connectivity index (χ0v) is 17.8. The van der Waals surface area contributed by atoms with Crippen molar-refractivity contribution in [3.8, 4) is 6.07 Å². The Morgan fingerprint density at radius 3 is 2.63 bits per heavy atom. The van der Waals surface area contributed by atoms with Crippen molar-refractivity contribution in [2.24, 2.45) is 5.73 Å². The molecule has 0 spiro atoms. The number of amides is 2. The quantitative estimate of drug-likeness (QED) is 0.649. The van der Waals surface area contributed by atoms with Crippen LogP contribution in [0.3, 0.4) is 0 Å². The predicted octanol–water partition coefficient (Wildman–Crippen LogP) is 4.24. The highest BCUT2D eigenvalue weighted by Gasteiger charge is 2.44. The molecule has 1 saturated heterocycles. The SMILES string of the molecule is CC1CN(C(N)=O)C(C)(c2ccnc(Br)c2)CN1c1ccc(C#N)c(C(F)(F)F)c1. The van der Waals surface area contributed by atoms with Crippen LogP contribution in [0, 0.1) is 11.3 Å². The van der Waals surface area contributed by atoms with Gasteiger partial charge in [-0.2, -0.15) is 18.4 Å². The summed E-state index contributed by atoms with van der Waals surface area (Å²) in [6, 6.07) is 7.82. The van der Waals surface area contributed by atoms with Crippen LogP contribution in [0.5, 0.6) is 0 Å². The van der Waals surface area contributed by atoms with E-state index in [1.807, 2.05) is 13.8 Å². The highest BCUT2D eigenvalue weighted by atomic mass is 79.9. The number of rotatable bonds is 2. The number of nitrogens with zero attached hydrogens (tertiary/aromatic N) is 4. The van der Waals surface area contributed by atoms with E-state index >= 15 is 0 Å². The number of carbonyl (C=O) groups excluding carboxylic acids is 1. The summed E-state index contributed by atoms with van der Waals surface area (Å²) in [5.74, 6) is 0. The third kappa shape index (κ3) is 3.94. The predicted molar refractivity (Wildman–Crippen MR) is 109 cm³/mol. The van der Waals surface area contributed by atoms with Gasteiger partial charge in [0.15, 0.2) is 0 Å². The molecular formula is C20H19BrF3N5O. The van der Waals surface area contributed by atoms with E-state index in [4.69, 9.17) is 11.0 Å². The van der Waals surface area contributed by atoms with Gasteiger partial charge in [0.2, 0.25) is 0 Å². The van der Waals surface area contributed by atoms with Gasteiger partial charge in [-0.15, -0.1) is 0 Å². The summed E-state index contributed by atoms with van der Waals surface area (Å²) < 4.78 is 40.9. The monoisotopic (exact) mass is 481 g/mol. The molecule has 0 aliphatic carbocycles. The van der Waals surface area contributed by atoms with Crippen LogP contribution in [0.2, 0.25) is 0 Å². The summed E-state index contributed by atoms with van der Waals surface area (Å²) in [7, 11) is 0. The Labute approximate surface area is 180 Å². The number of primary amides is 1. The van der Waals surface area contributed by atoms with Crippen LogP contribution >= 0.6 is 15.9 Å². The number of aromatic nitrogens is 1. The first kappa shape index (κ1) is 21.9. The molecule has 2 heterocycles. The molecule has 1 aliphatic heterocycles. The van der Waals surface area contributed by atoms with Gasteiger partial charge in [-0.1, -0.05) is 0 Å². The van der Waals surface area contributed by atoms with Gasteiger partial charge >= 0.3 is 12.2 Å². The minimum absolute atomic E-state index is 0.205. The van der Waals surface area contributed by atoms with Gasteiger partial charge in [-0.05, 0) is 65.7 Å². The Kier molecular flexibility index (Phi) is 5.69. The smallest absolute Gasteiger partial charge is 0.364 e. The molecule has 3 rings (SSSR count). The second-order valence-corrected chi connectivity index (χ2v) is 8.22. The lowest BCUT2D eigenvalue weighted by atomic mass is 9.86. The van der Waals surface area contributed by atoms with Crippen molar-refractivity contribution in [3.63, 3.8) is 0 Å². The maximum Gasteiger partial charge on any atom is 0.417 e. The molecule has 2 amide bonds. The molecule has 0 radical (unpaired) electrons. The van der Waals surface area contributed by atoms with E-state index in [9.17, 15) is 18.0 Å². The van der Waals surface area contributed by atoms with Crippen LogP contribution in [0.1, 0.15) is 30.5 Å². The number of benzene rings is 1. The Morgan fingerprint density at radius 2 is 2.07 bits per heavy atom. The maximum absolute atomic E-state index is 13.5. The van der Waals surface area contributed by atoms with Crippen LogP contribution in [0.15, 0.2) is 41.1 Å². The highest BCUT2D eigenvalue weighted by Crippen LogP contribution is 2.39. The standard InChI is InChI=1S/C20H19BrF3N5O/c1-12-10-29(18(26)30)19(2,14-5-6-27-17(21)7-14)11-28(12)15-4-3-13(9-25)16(8-15)20(22,23)24/h3-8,12H,10-11H2,1-2H3,(H2,26,30). The maximum atomic E-state index is 13.5. The number of alkyl halides is 3. The number of hydrogen-bond acceptors (Lipinski definition) is 4. The molecule has 1 fully saturated rings. The van der Waals surface area contributed by atoms with E-state index in [-0.39, 0.29) is 19.1 Å². The fourth-order valence-corrected chi connectivity index (χ4v) is 4.21. The molecule has 1 aliphatic rings. The Hall–Kier alpha value is -2.80. The first-order valence-corrected chi connectivity index (χ1v) is 9.84. The molecule has 30 heavy (non-hydrogen) atoms. The Morgan fingerprint density at radius 1 is 1.37 bits per heavy atom. The van der Waals surface area contributed by atoms with Crippen molar-refractivity contribution in [1.29, 1.82) is 5.26 Å². The number of pyridine rings is 1. The average Bonchev–Trinajstić information content (AvgIpc) is 2.68. The second kappa shape index (κ2) is 7.80. The largest absolute Gasteiger partial charge is 0.417 e.